The molecule has 0 aromatic carbocycles. The Balaban J connectivity index is 1.85. The van der Waals surface area contributed by atoms with Crippen LogP contribution in [0.4, 0.5) is 0 Å². The molecule has 0 bridgehead atoms. The highest BCUT2D eigenvalue weighted by atomic mass is 79.9. The molecule has 94 valence electrons. The standard InChI is InChI=1S/C13H12BrNO2S/c1-8-6-11(14)17-12(8)13(16)15-4-2-10-9(7-15)3-5-18-10/h3,5-6H,2,4,7H2,1H3. The van der Waals surface area contributed by atoms with E-state index in [1.807, 2.05) is 17.9 Å². The first-order valence-electron chi connectivity index (χ1n) is 5.75. The molecule has 3 rings (SSSR count). The summed E-state index contributed by atoms with van der Waals surface area (Å²) < 4.78 is 6.03. The minimum Gasteiger partial charge on any atom is -0.444 e. The third kappa shape index (κ3) is 2.01. The molecule has 3 heterocycles. The zero-order chi connectivity index (χ0) is 12.7. The van der Waals surface area contributed by atoms with Crippen LogP contribution in [-0.4, -0.2) is 17.4 Å². The van der Waals surface area contributed by atoms with Crippen LogP contribution in [0.1, 0.15) is 26.6 Å². The lowest BCUT2D eigenvalue weighted by molar-refractivity contribution is 0.0701. The van der Waals surface area contributed by atoms with Gasteiger partial charge in [-0.3, -0.25) is 4.79 Å². The highest BCUT2D eigenvalue weighted by molar-refractivity contribution is 9.10. The van der Waals surface area contributed by atoms with E-state index in [9.17, 15) is 4.79 Å². The molecule has 1 aliphatic rings. The van der Waals surface area contributed by atoms with Crippen LogP contribution < -0.4 is 0 Å². The van der Waals surface area contributed by atoms with Gasteiger partial charge in [-0.2, -0.15) is 0 Å². The third-order valence-corrected chi connectivity index (χ3v) is 4.59. The van der Waals surface area contributed by atoms with Crippen LogP contribution in [0.2, 0.25) is 0 Å². The summed E-state index contributed by atoms with van der Waals surface area (Å²) in [5.41, 5.74) is 2.14. The number of thiophene rings is 1. The number of carbonyl (C=O) groups excluding carboxylic acids is 1. The van der Waals surface area contributed by atoms with Crippen molar-refractivity contribution in [2.75, 3.05) is 6.54 Å². The molecule has 2 aromatic heterocycles. The molecule has 3 nitrogen and oxygen atoms in total. The van der Waals surface area contributed by atoms with Crippen LogP contribution in [0, 0.1) is 6.92 Å². The van der Waals surface area contributed by atoms with E-state index in [0.717, 1.165) is 18.5 Å². The van der Waals surface area contributed by atoms with Crippen molar-refractivity contribution in [3.8, 4) is 0 Å². The van der Waals surface area contributed by atoms with Gasteiger partial charge in [-0.25, -0.2) is 0 Å². The number of furan rings is 1. The molecule has 1 aliphatic heterocycles. The van der Waals surface area contributed by atoms with Gasteiger partial charge in [-0.15, -0.1) is 11.3 Å². The smallest absolute Gasteiger partial charge is 0.290 e. The number of fused-ring (bicyclic) bond motifs is 1. The molecule has 0 saturated heterocycles. The van der Waals surface area contributed by atoms with Crippen LogP contribution in [0.3, 0.4) is 0 Å². The van der Waals surface area contributed by atoms with E-state index in [0.29, 0.717) is 17.0 Å². The van der Waals surface area contributed by atoms with Gasteiger partial charge >= 0.3 is 0 Å². The Hall–Kier alpha value is -1.07. The monoisotopic (exact) mass is 325 g/mol. The molecule has 0 radical (unpaired) electrons. The Morgan fingerprint density at radius 3 is 3.11 bits per heavy atom. The summed E-state index contributed by atoms with van der Waals surface area (Å²) in [6, 6.07) is 3.93. The van der Waals surface area contributed by atoms with Gasteiger partial charge in [0.25, 0.3) is 5.91 Å². The lowest BCUT2D eigenvalue weighted by Crippen LogP contribution is -2.35. The van der Waals surface area contributed by atoms with E-state index in [1.165, 1.54) is 10.4 Å². The molecule has 0 unspecified atom stereocenters. The molecule has 0 aliphatic carbocycles. The van der Waals surface area contributed by atoms with Gasteiger partial charge in [-0.1, -0.05) is 0 Å². The molecule has 0 saturated carbocycles. The molecule has 0 atom stereocenters. The average Bonchev–Trinajstić information content (AvgIpc) is 2.93. The van der Waals surface area contributed by atoms with Gasteiger partial charge in [0.15, 0.2) is 10.4 Å². The molecule has 1 amide bonds. The Labute approximate surface area is 118 Å². The molecule has 18 heavy (non-hydrogen) atoms. The fourth-order valence-electron chi connectivity index (χ4n) is 2.22. The van der Waals surface area contributed by atoms with Crippen molar-refractivity contribution < 1.29 is 9.21 Å². The minimum absolute atomic E-state index is 0.0185. The minimum atomic E-state index is -0.0185. The van der Waals surface area contributed by atoms with E-state index in [-0.39, 0.29) is 5.91 Å². The third-order valence-electron chi connectivity index (χ3n) is 3.18. The number of amides is 1. The number of rotatable bonds is 1. The second-order valence-electron chi connectivity index (χ2n) is 4.41. The average molecular weight is 326 g/mol. The zero-order valence-electron chi connectivity index (χ0n) is 9.90. The molecule has 2 aromatic rings. The van der Waals surface area contributed by atoms with Gasteiger partial charge in [0.1, 0.15) is 0 Å². The van der Waals surface area contributed by atoms with Gasteiger partial charge in [0.2, 0.25) is 0 Å². The van der Waals surface area contributed by atoms with Crippen LogP contribution >= 0.6 is 27.3 Å². The number of aryl methyl sites for hydroxylation is 1. The normalized spacial score (nSPS) is 14.7. The Morgan fingerprint density at radius 1 is 1.56 bits per heavy atom. The summed E-state index contributed by atoms with van der Waals surface area (Å²) in [6.45, 7) is 3.35. The summed E-state index contributed by atoms with van der Waals surface area (Å²) in [5, 5.41) is 2.09. The maximum Gasteiger partial charge on any atom is 0.290 e. The largest absolute Gasteiger partial charge is 0.444 e. The Morgan fingerprint density at radius 2 is 2.39 bits per heavy atom. The molecule has 0 spiro atoms. The lowest BCUT2D eigenvalue weighted by Gasteiger charge is -2.26. The number of hydrogen-bond donors (Lipinski definition) is 0. The summed E-state index contributed by atoms with van der Waals surface area (Å²) >= 11 is 5.03. The topological polar surface area (TPSA) is 33.5 Å². The number of nitrogens with zero attached hydrogens (tertiary/aromatic N) is 1. The fraction of sp³-hybridized carbons (Fsp3) is 0.308. The van der Waals surface area contributed by atoms with E-state index >= 15 is 0 Å². The summed E-state index contributed by atoms with van der Waals surface area (Å²) in [6.07, 6.45) is 0.944. The predicted octanol–water partition coefficient (Wildman–Crippen LogP) is 3.61. The maximum absolute atomic E-state index is 12.4. The van der Waals surface area contributed by atoms with Gasteiger partial charge < -0.3 is 9.32 Å². The Kier molecular flexibility index (Phi) is 3.03. The van der Waals surface area contributed by atoms with Crippen molar-refractivity contribution >= 4 is 33.2 Å². The number of halogens is 1. The van der Waals surface area contributed by atoms with E-state index in [4.69, 9.17) is 4.42 Å². The second-order valence-corrected chi connectivity index (χ2v) is 6.19. The quantitative estimate of drug-likeness (QED) is 0.802. The highest BCUT2D eigenvalue weighted by Crippen LogP contribution is 2.27. The van der Waals surface area contributed by atoms with Crippen LogP contribution in [0.15, 0.2) is 26.6 Å². The second kappa shape index (κ2) is 4.55. The zero-order valence-corrected chi connectivity index (χ0v) is 12.3. The van der Waals surface area contributed by atoms with Gasteiger partial charge in [0, 0.05) is 23.5 Å². The van der Waals surface area contributed by atoms with Crippen molar-refractivity contribution in [2.45, 2.75) is 19.9 Å². The highest BCUT2D eigenvalue weighted by Gasteiger charge is 2.25. The molecule has 0 fully saturated rings. The first-order chi connectivity index (χ1) is 8.65. The van der Waals surface area contributed by atoms with Gasteiger partial charge in [0.05, 0.1) is 0 Å². The first-order valence-corrected chi connectivity index (χ1v) is 7.43. The Bertz CT molecular complexity index is 602. The van der Waals surface area contributed by atoms with Crippen molar-refractivity contribution in [3.63, 3.8) is 0 Å². The van der Waals surface area contributed by atoms with Crippen molar-refractivity contribution in [3.05, 3.63) is 43.9 Å². The van der Waals surface area contributed by atoms with E-state index in [1.54, 1.807) is 11.3 Å². The summed E-state index contributed by atoms with van der Waals surface area (Å²) in [5.74, 6) is 0.426. The molecular weight excluding hydrogens is 314 g/mol. The van der Waals surface area contributed by atoms with Crippen LogP contribution in [-0.2, 0) is 13.0 Å². The lowest BCUT2D eigenvalue weighted by atomic mass is 10.1. The van der Waals surface area contributed by atoms with Crippen molar-refractivity contribution in [1.29, 1.82) is 0 Å². The number of carbonyl (C=O) groups is 1. The van der Waals surface area contributed by atoms with E-state index in [2.05, 4.69) is 27.4 Å². The molecule has 0 N–H and O–H groups in total. The fourth-order valence-corrected chi connectivity index (χ4v) is 3.62. The maximum atomic E-state index is 12.4. The summed E-state index contributed by atoms with van der Waals surface area (Å²) in [4.78, 5) is 15.6. The molecule has 5 heteroatoms. The first kappa shape index (κ1) is 12.0. The van der Waals surface area contributed by atoms with Crippen LogP contribution in [0.25, 0.3) is 0 Å². The van der Waals surface area contributed by atoms with Crippen molar-refractivity contribution in [1.82, 2.24) is 4.90 Å². The summed E-state index contributed by atoms with van der Waals surface area (Å²) in [7, 11) is 0. The SMILES string of the molecule is Cc1cc(Br)oc1C(=O)N1CCc2sccc2C1. The van der Waals surface area contributed by atoms with Crippen LogP contribution in [0.5, 0.6) is 0 Å². The van der Waals surface area contributed by atoms with Gasteiger partial charge in [-0.05, 0) is 52.4 Å². The molecular formula is C13H12BrNO2S. The number of hydrogen-bond acceptors (Lipinski definition) is 3. The predicted molar refractivity (Wildman–Crippen MR) is 73.9 cm³/mol. The van der Waals surface area contributed by atoms with Crippen molar-refractivity contribution in [2.24, 2.45) is 0 Å². The van der Waals surface area contributed by atoms with E-state index < -0.39 is 0 Å².